The number of rotatable bonds is 7. The number of hydrogen-bond donors (Lipinski definition) is 1. The van der Waals surface area contributed by atoms with Gasteiger partial charge in [0.1, 0.15) is 17.1 Å². The van der Waals surface area contributed by atoms with E-state index in [1.165, 1.54) is 0 Å². The van der Waals surface area contributed by atoms with Crippen molar-refractivity contribution >= 4 is 17.5 Å². The van der Waals surface area contributed by atoms with Gasteiger partial charge >= 0.3 is 0 Å². The number of hydrogen-bond acceptors (Lipinski definition) is 5. The highest BCUT2D eigenvalue weighted by Gasteiger charge is 2.16. The SMILES string of the molecule is COc1cccc(NC(=O)c2cccc(C(=O)N(C)CCc3ccncc3)n2)c1. The summed E-state index contributed by atoms with van der Waals surface area (Å²) in [6, 6.07) is 15.7. The fourth-order valence-electron chi connectivity index (χ4n) is 2.72. The van der Waals surface area contributed by atoms with Gasteiger partial charge in [-0.2, -0.15) is 0 Å². The summed E-state index contributed by atoms with van der Waals surface area (Å²) in [6.07, 6.45) is 4.16. The number of ether oxygens (including phenoxy) is 1. The van der Waals surface area contributed by atoms with E-state index in [1.54, 1.807) is 73.9 Å². The molecule has 0 spiro atoms. The molecule has 0 bridgehead atoms. The summed E-state index contributed by atoms with van der Waals surface area (Å²) >= 11 is 0. The van der Waals surface area contributed by atoms with Crippen molar-refractivity contribution in [1.82, 2.24) is 14.9 Å². The molecule has 29 heavy (non-hydrogen) atoms. The maximum absolute atomic E-state index is 12.7. The van der Waals surface area contributed by atoms with Gasteiger partial charge in [-0.3, -0.25) is 14.6 Å². The highest BCUT2D eigenvalue weighted by Crippen LogP contribution is 2.17. The number of carbonyl (C=O) groups is 2. The Morgan fingerprint density at radius 2 is 1.76 bits per heavy atom. The number of benzene rings is 1. The first-order valence-corrected chi connectivity index (χ1v) is 9.13. The van der Waals surface area contributed by atoms with Gasteiger partial charge in [0.25, 0.3) is 11.8 Å². The molecule has 0 unspecified atom stereocenters. The van der Waals surface area contributed by atoms with Gasteiger partial charge in [0.15, 0.2) is 0 Å². The zero-order chi connectivity index (χ0) is 20.6. The second-order valence-corrected chi connectivity index (χ2v) is 6.43. The highest BCUT2D eigenvalue weighted by molar-refractivity contribution is 6.03. The van der Waals surface area contributed by atoms with Crippen molar-refractivity contribution < 1.29 is 14.3 Å². The quantitative estimate of drug-likeness (QED) is 0.670. The Labute approximate surface area is 169 Å². The van der Waals surface area contributed by atoms with Gasteiger partial charge in [-0.25, -0.2) is 4.98 Å². The fraction of sp³-hybridized carbons (Fsp3) is 0.182. The van der Waals surface area contributed by atoms with Crippen LogP contribution in [-0.2, 0) is 6.42 Å². The van der Waals surface area contributed by atoms with Crippen LogP contribution in [0.5, 0.6) is 5.75 Å². The largest absolute Gasteiger partial charge is 0.497 e. The third-order valence-electron chi connectivity index (χ3n) is 4.36. The molecule has 0 aliphatic heterocycles. The zero-order valence-electron chi connectivity index (χ0n) is 16.3. The minimum absolute atomic E-state index is 0.168. The molecule has 1 aromatic carbocycles. The number of nitrogens with zero attached hydrogens (tertiary/aromatic N) is 3. The Kier molecular flexibility index (Phi) is 6.52. The van der Waals surface area contributed by atoms with Gasteiger partial charge in [-0.1, -0.05) is 12.1 Å². The molecule has 0 aliphatic rings. The monoisotopic (exact) mass is 390 g/mol. The molecule has 0 radical (unpaired) electrons. The van der Waals surface area contributed by atoms with Crippen LogP contribution in [0, 0.1) is 0 Å². The van der Waals surface area contributed by atoms with E-state index in [-0.39, 0.29) is 17.3 Å². The summed E-state index contributed by atoms with van der Waals surface area (Å²) in [6.45, 7) is 0.533. The van der Waals surface area contributed by atoms with Crippen molar-refractivity contribution in [3.05, 3.63) is 83.9 Å². The molecule has 0 atom stereocenters. The topological polar surface area (TPSA) is 84.4 Å². The van der Waals surface area contributed by atoms with Gasteiger partial charge in [0, 0.05) is 37.7 Å². The van der Waals surface area contributed by atoms with Crippen LogP contribution in [0.3, 0.4) is 0 Å². The maximum atomic E-state index is 12.7. The number of nitrogens with one attached hydrogen (secondary N) is 1. The second-order valence-electron chi connectivity index (χ2n) is 6.43. The summed E-state index contributed by atoms with van der Waals surface area (Å²) in [5, 5.41) is 2.76. The van der Waals surface area contributed by atoms with Crippen LogP contribution in [0.25, 0.3) is 0 Å². The first-order chi connectivity index (χ1) is 14.1. The molecular weight excluding hydrogens is 368 g/mol. The normalized spacial score (nSPS) is 10.3. The average molecular weight is 390 g/mol. The molecule has 0 fully saturated rings. The number of aromatic nitrogens is 2. The van der Waals surface area contributed by atoms with Crippen molar-refractivity contribution in [2.75, 3.05) is 26.0 Å². The summed E-state index contributed by atoms with van der Waals surface area (Å²) in [5.41, 5.74) is 2.07. The number of carbonyl (C=O) groups excluding carboxylic acids is 2. The Morgan fingerprint density at radius 1 is 1.03 bits per heavy atom. The number of anilines is 1. The van der Waals surface area contributed by atoms with E-state index in [2.05, 4.69) is 15.3 Å². The molecule has 2 amide bonds. The molecule has 0 saturated carbocycles. The molecule has 3 rings (SSSR count). The van der Waals surface area contributed by atoms with Crippen LogP contribution in [0.4, 0.5) is 5.69 Å². The van der Waals surface area contributed by atoms with E-state index >= 15 is 0 Å². The van der Waals surface area contributed by atoms with Gasteiger partial charge in [-0.05, 0) is 48.4 Å². The summed E-state index contributed by atoms with van der Waals surface area (Å²) in [7, 11) is 3.27. The number of pyridine rings is 2. The summed E-state index contributed by atoms with van der Waals surface area (Å²) in [5.74, 6) is -0.00191. The van der Waals surface area contributed by atoms with Gasteiger partial charge in [0.05, 0.1) is 7.11 Å². The molecule has 0 saturated heterocycles. The molecule has 148 valence electrons. The smallest absolute Gasteiger partial charge is 0.274 e. The standard InChI is InChI=1S/C22H22N4O3/c1-26(14-11-16-9-12-23-13-10-16)22(28)20-8-4-7-19(25-20)21(27)24-17-5-3-6-18(15-17)29-2/h3-10,12-13,15H,11,14H2,1-2H3,(H,24,27). The minimum Gasteiger partial charge on any atom is -0.497 e. The predicted octanol–water partition coefficient (Wildman–Crippen LogP) is 3.05. The van der Waals surface area contributed by atoms with Crippen LogP contribution in [-0.4, -0.2) is 47.4 Å². The van der Waals surface area contributed by atoms with Crippen LogP contribution < -0.4 is 10.1 Å². The fourth-order valence-corrected chi connectivity index (χ4v) is 2.72. The lowest BCUT2D eigenvalue weighted by atomic mass is 10.2. The summed E-state index contributed by atoms with van der Waals surface area (Å²) in [4.78, 5) is 35.0. The van der Waals surface area contributed by atoms with Crippen molar-refractivity contribution in [2.45, 2.75) is 6.42 Å². The van der Waals surface area contributed by atoms with Crippen LogP contribution in [0.1, 0.15) is 26.5 Å². The molecule has 2 aromatic heterocycles. The lowest BCUT2D eigenvalue weighted by Crippen LogP contribution is -2.30. The van der Waals surface area contributed by atoms with E-state index in [9.17, 15) is 9.59 Å². The van der Waals surface area contributed by atoms with E-state index in [0.29, 0.717) is 24.4 Å². The number of amides is 2. The molecule has 7 nitrogen and oxygen atoms in total. The molecule has 1 N–H and O–H groups in total. The van der Waals surface area contributed by atoms with E-state index in [4.69, 9.17) is 4.74 Å². The van der Waals surface area contributed by atoms with Crippen molar-refractivity contribution in [1.29, 1.82) is 0 Å². The van der Waals surface area contributed by atoms with Crippen LogP contribution in [0.2, 0.25) is 0 Å². The second kappa shape index (κ2) is 9.45. The Balaban J connectivity index is 1.66. The van der Waals surface area contributed by atoms with Crippen molar-refractivity contribution in [2.24, 2.45) is 0 Å². The van der Waals surface area contributed by atoms with Crippen molar-refractivity contribution in [3.63, 3.8) is 0 Å². The first-order valence-electron chi connectivity index (χ1n) is 9.13. The number of likely N-dealkylation sites (N-methyl/N-ethyl adjacent to an activating group) is 1. The summed E-state index contributed by atoms with van der Waals surface area (Å²) < 4.78 is 5.15. The van der Waals surface area contributed by atoms with E-state index in [1.807, 2.05) is 12.1 Å². The predicted molar refractivity (Wildman–Crippen MR) is 110 cm³/mol. The van der Waals surface area contributed by atoms with Crippen molar-refractivity contribution in [3.8, 4) is 5.75 Å². The van der Waals surface area contributed by atoms with E-state index < -0.39 is 5.91 Å². The molecule has 2 heterocycles. The Bertz CT molecular complexity index is 992. The van der Waals surface area contributed by atoms with E-state index in [0.717, 1.165) is 5.56 Å². The highest BCUT2D eigenvalue weighted by atomic mass is 16.5. The lowest BCUT2D eigenvalue weighted by molar-refractivity contribution is 0.0790. The van der Waals surface area contributed by atoms with Gasteiger partial charge in [0.2, 0.25) is 0 Å². The number of methoxy groups -OCH3 is 1. The first kappa shape index (κ1) is 20.0. The van der Waals surface area contributed by atoms with Crippen LogP contribution in [0.15, 0.2) is 67.0 Å². The maximum Gasteiger partial charge on any atom is 0.274 e. The molecule has 0 aliphatic carbocycles. The molecule has 7 heteroatoms. The average Bonchev–Trinajstić information content (AvgIpc) is 2.77. The molecular formula is C22H22N4O3. The third kappa shape index (κ3) is 5.38. The Morgan fingerprint density at radius 3 is 2.52 bits per heavy atom. The minimum atomic E-state index is -0.396. The van der Waals surface area contributed by atoms with Gasteiger partial charge < -0.3 is 15.0 Å². The Hall–Kier alpha value is -3.74. The lowest BCUT2D eigenvalue weighted by Gasteiger charge is -2.17. The van der Waals surface area contributed by atoms with Crippen LogP contribution >= 0.6 is 0 Å². The third-order valence-corrected chi connectivity index (χ3v) is 4.36. The zero-order valence-corrected chi connectivity index (χ0v) is 16.3. The van der Waals surface area contributed by atoms with Gasteiger partial charge in [-0.15, -0.1) is 0 Å². The molecule has 3 aromatic rings.